The Kier molecular flexibility index (Phi) is 5.26. The van der Waals surface area contributed by atoms with Crippen LogP contribution in [-0.4, -0.2) is 54.0 Å². The molecular formula is C9H17BrN4O3S. The lowest BCUT2D eigenvalue weighted by Crippen LogP contribution is -2.40. The Bertz CT molecular complexity index is 480. The van der Waals surface area contributed by atoms with E-state index in [4.69, 9.17) is 4.74 Å². The Morgan fingerprint density at radius 1 is 1.50 bits per heavy atom. The van der Waals surface area contributed by atoms with E-state index in [2.05, 4.69) is 26.2 Å². The number of nitrogens with zero attached hydrogens (tertiary/aromatic N) is 4. The normalized spacial score (nSPS) is 12.6. The molecule has 0 aromatic carbocycles. The summed E-state index contributed by atoms with van der Waals surface area (Å²) in [5.41, 5.74) is 0. The van der Waals surface area contributed by atoms with E-state index in [0.717, 1.165) is 0 Å². The van der Waals surface area contributed by atoms with Crippen molar-refractivity contribution in [1.82, 2.24) is 19.3 Å². The lowest BCUT2D eigenvalue weighted by atomic mass is 10.4. The molecule has 0 saturated heterocycles. The summed E-state index contributed by atoms with van der Waals surface area (Å²) in [4.78, 5) is 0. The molecule has 18 heavy (non-hydrogen) atoms. The van der Waals surface area contributed by atoms with Crippen LogP contribution in [0.25, 0.3) is 0 Å². The fourth-order valence-electron chi connectivity index (χ4n) is 1.54. The molecular weight excluding hydrogens is 324 g/mol. The van der Waals surface area contributed by atoms with Crippen LogP contribution >= 0.6 is 15.9 Å². The third kappa shape index (κ3) is 3.08. The van der Waals surface area contributed by atoms with Gasteiger partial charge in [-0.25, -0.2) is 13.1 Å². The number of aryl methyl sites for hydroxylation is 1. The van der Waals surface area contributed by atoms with Gasteiger partial charge in [-0.15, -0.1) is 5.10 Å². The monoisotopic (exact) mass is 340 g/mol. The van der Waals surface area contributed by atoms with Gasteiger partial charge in [0.25, 0.3) is 10.0 Å². The Balaban J connectivity index is 3.17. The van der Waals surface area contributed by atoms with Crippen LogP contribution < -0.4 is 0 Å². The van der Waals surface area contributed by atoms with E-state index in [9.17, 15) is 8.42 Å². The molecule has 0 amide bonds. The summed E-state index contributed by atoms with van der Waals surface area (Å²) in [5, 5.41) is 7.43. The Morgan fingerprint density at radius 3 is 2.50 bits per heavy atom. The van der Waals surface area contributed by atoms with Gasteiger partial charge in [-0.05, 0) is 29.8 Å². The van der Waals surface area contributed by atoms with E-state index in [1.54, 1.807) is 7.05 Å². The molecule has 0 aliphatic carbocycles. The highest BCUT2D eigenvalue weighted by molar-refractivity contribution is 9.10. The fourth-order valence-corrected chi connectivity index (χ4v) is 4.20. The minimum absolute atomic E-state index is 0.0484. The van der Waals surface area contributed by atoms with Gasteiger partial charge in [0.2, 0.25) is 5.03 Å². The van der Waals surface area contributed by atoms with Gasteiger partial charge >= 0.3 is 0 Å². The second-order valence-corrected chi connectivity index (χ2v) is 6.57. The van der Waals surface area contributed by atoms with Crippen molar-refractivity contribution in [3.05, 3.63) is 4.60 Å². The van der Waals surface area contributed by atoms with Crippen molar-refractivity contribution < 1.29 is 13.2 Å². The minimum atomic E-state index is -3.65. The lowest BCUT2D eigenvalue weighted by Gasteiger charge is -2.25. The SMILES string of the molecule is COCCN(C(C)C)S(=O)(=O)c1c(Br)nnn1C. The highest BCUT2D eigenvalue weighted by Gasteiger charge is 2.32. The number of rotatable bonds is 6. The number of halogens is 1. The van der Waals surface area contributed by atoms with Crippen LogP contribution in [0.4, 0.5) is 0 Å². The van der Waals surface area contributed by atoms with Gasteiger partial charge in [-0.3, -0.25) is 0 Å². The summed E-state index contributed by atoms with van der Waals surface area (Å²) in [7, 11) is -0.571. The number of hydrogen-bond donors (Lipinski definition) is 0. The van der Waals surface area contributed by atoms with Gasteiger partial charge < -0.3 is 4.74 Å². The van der Waals surface area contributed by atoms with Crippen LogP contribution in [0.15, 0.2) is 9.63 Å². The highest BCUT2D eigenvalue weighted by atomic mass is 79.9. The van der Waals surface area contributed by atoms with Gasteiger partial charge in [0, 0.05) is 26.7 Å². The largest absolute Gasteiger partial charge is 0.383 e. The topological polar surface area (TPSA) is 77.3 Å². The smallest absolute Gasteiger partial charge is 0.263 e. The maximum atomic E-state index is 12.5. The molecule has 0 radical (unpaired) electrons. The van der Waals surface area contributed by atoms with Crippen LogP contribution in [0.5, 0.6) is 0 Å². The van der Waals surface area contributed by atoms with Crippen LogP contribution in [-0.2, 0) is 21.8 Å². The number of hydrogen-bond acceptors (Lipinski definition) is 5. The zero-order chi connectivity index (χ0) is 13.9. The lowest BCUT2D eigenvalue weighted by molar-refractivity contribution is 0.170. The summed E-state index contributed by atoms with van der Waals surface area (Å²) < 4.78 is 32.8. The van der Waals surface area contributed by atoms with Crippen LogP contribution in [0, 0.1) is 0 Å². The number of aromatic nitrogens is 3. The third-order valence-corrected chi connectivity index (χ3v) is 5.35. The average molecular weight is 341 g/mol. The summed E-state index contributed by atoms with van der Waals surface area (Å²) in [6.07, 6.45) is 0. The first-order valence-corrected chi connectivity index (χ1v) is 7.61. The Morgan fingerprint density at radius 2 is 2.11 bits per heavy atom. The molecule has 0 atom stereocenters. The van der Waals surface area contributed by atoms with Crippen molar-refractivity contribution in [3.8, 4) is 0 Å². The molecule has 104 valence electrons. The summed E-state index contributed by atoms with van der Waals surface area (Å²) >= 11 is 3.11. The van der Waals surface area contributed by atoms with E-state index in [-0.39, 0.29) is 22.2 Å². The summed E-state index contributed by atoms with van der Waals surface area (Å²) in [5.74, 6) is 0. The first-order valence-electron chi connectivity index (χ1n) is 5.38. The first-order chi connectivity index (χ1) is 8.32. The third-order valence-electron chi connectivity index (χ3n) is 2.38. The van der Waals surface area contributed by atoms with Crippen LogP contribution in [0.3, 0.4) is 0 Å². The van der Waals surface area contributed by atoms with E-state index < -0.39 is 10.0 Å². The van der Waals surface area contributed by atoms with Gasteiger partial charge in [0.1, 0.15) is 0 Å². The Labute approximate surface area is 115 Å². The van der Waals surface area contributed by atoms with Crippen molar-refractivity contribution in [2.75, 3.05) is 20.3 Å². The van der Waals surface area contributed by atoms with E-state index >= 15 is 0 Å². The zero-order valence-electron chi connectivity index (χ0n) is 10.8. The predicted octanol–water partition coefficient (Wildman–Crippen LogP) is 0.623. The molecule has 0 unspecified atom stereocenters. The average Bonchev–Trinajstić information content (AvgIpc) is 2.58. The van der Waals surface area contributed by atoms with E-state index in [1.165, 1.54) is 16.1 Å². The van der Waals surface area contributed by atoms with Crippen molar-refractivity contribution >= 4 is 26.0 Å². The molecule has 0 aliphatic rings. The zero-order valence-corrected chi connectivity index (χ0v) is 13.2. The summed E-state index contributed by atoms with van der Waals surface area (Å²) in [6, 6.07) is -0.174. The van der Waals surface area contributed by atoms with E-state index in [0.29, 0.717) is 6.61 Å². The number of ether oxygens (including phenoxy) is 1. The van der Waals surface area contributed by atoms with Crippen LogP contribution in [0.1, 0.15) is 13.8 Å². The number of sulfonamides is 1. The van der Waals surface area contributed by atoms with Crippen LogP contribution in [0.2, 0.25) is 0 Å². The summed E-state index contributed by atoms with van der Waals surface area (Å²) in [6.45, 7) is 4.24. The second-order valence-electron chi connectivity index (χ2n) is 4.01. The molecule has 1 heterocycles. The van der Waals surface area contributed by atoms with Gasteiger partial charge in [0.05, 0.1) is 6.61 Å². The molecule has 1 aromatic rings. The quantitative estimate of drug-likeness (QED) is 0.758. The molecule has 0 spiro atoms. The molecule has 0 saturated carbocycles. The van der Waals surface area contributed by atoms with Gasteiger partial charge in [-0.2, -0.15) is 4.31 Å². The van der Waals surface area contributed by atoms with E-state index in [1.807, 2.05) is 13.8 Å². The van der Waals surface area contributed by atoms with Crippen molar-refractivity contribution in [1.29, 1.82) is 0 Å². The van der Waals surface area contributed by atoms with Gasteiger partial charge in [0.15, 0.2) is 4.60 Å². The van der Waals surface area contributed by atoms with Gasteiger partial charge in [-0.1, -0.05) is 5.21 Å². The Hall–Kier alpha value is -0.510. The maximum Gasteiger partial charge on any atom is 0.263 e. The highest BCUT2D eigenvalue weighted by Crippen LogP contribution is 2.23. The molecule has 9 heteroatoms. The molecule has 0 fully saturated rings. The predicted molar refractivity (Wildman–Crippen MR) is 69.6 cm³/mol. The van der Waals surface area contributed by atoms with Crippen molar-refractivity contribution in [3.63, 3.8) is 0 Å². The maximum absolute atomic E-state index is 12.5. The first kappa shape index (κ1) is 15.5. The molecule has 0 N–H and O–H groups in total. The minimum Gasteiger partial charge on any atom is -0.383 e. The molecule has 1 aromatic heterocycles. The van der Waals surface area contributed by atoms with Crippen molar-refractivity contribution in [2.45, 2.75) is 24.9 Å². The molecule has 0 bridgehead atoms. The number of methoxy groups -OCH3 is 1. The van der Waals surface area contributed by atoms with Crippen molar-refractivity contribution in [2.24, 2.45) is 7.05 Å². The molecule has 7 nitrogen and oxygen atoms in total. The second kappa shape index (κ2) is 6.09. The molecule has 1 rings (SSSR count). The molecule has 0 aliphatic heterocycles. The fraction of sp³-hybridized carbons (Fsp3) is 0.778. The standard InChI is InChI=1S/C9H17BrN4O3S/c1-7(2)14(5-6-17-4)18(15,16)9-8(10)11-12-13(9)3/h7H,5-6H2,1-4H3.